The van der Waals surface area contributed by atoms with Crippen molar-refractivity contribution in [3.63, 3.8) is 0 Å². The highest BCUT2D eigenvalue weighted by Gasteiger charge is 2.38. The number of amides is 2. The smallest absolute Gasteiger partial charge is 0.228 e. The maximum absolute atomic E-state index is 12.8. The van der Waals surface area contributed by atoms with Crippen molar-refractivity contribution in [3.05, 3.63) is 30.3 Å². The summed E-state index contributed by atoms with van der Waals surface area (Å²) < 4.78 is 5.14. The van der Waals surface area contributed by atoms with E-state index in [-0.39, 0.29) is 23.8 Å². The number of piperazine rings is 1. The van der Waals surface area contributed by atoms with Gasteiger partial charge in [-0.25, -0.2) is 0 Å². The lowest BCUT2D eigenvalue weighted by molar-refractivity contribution is -0.136. The molecule has 0 aliphatic carbocycles. The monoisotopic (exact) mass is 345 g/mol. The maximum Gasteiger partial charge on any atom is 0.228 e. The first-order chi connectivity index (χ1) is 12.1. The molecule has 2 heterocycles. The number of rotatable bonds is 5. The molecule has 0 saturated carbocycles. The SMILES string of the molecule is COC[C@H](C)N1C[C@@H](C(=O)N2CCN(c3ccccc3)CC2)CC1=O. The number of ether oxygens (including phenoxy) is 1. The fourth-order valence-corrected chi connectivity index (χ4v) is 3.74. The molecule has 0 radical (unpaired) electrons. The van der Waals surface area contributed by atoms with Gasteiger partial charge in [0.05, 0.1) is 18.6 Å². The maximum atomic E-state index is 12.8. The highest BCUT2D eigenvalue weighted by atomic mass is 16.5. The molecule has 3 rings (SSSR count). The van der Waals surface area contributed by atoms with Crippen LogP contribution in [0.3, 0.4) is 0 Å². The molecular weight excluding hydrogens is 318 g/mol. The second-order valence-electron chi connectivity index (χ2n) is 6.90. The molecular formula is C19H27N3O3. The number of carbonyl (C=O) groups is 2. The van der Waals surface area contributed by atoms with Crippen molar-refractivity contribution >= 4 is 17.5 Å². The molecule has 6 nitrogen and oxygen atoms in total. The van der Waals surface area contributed by atoms with Gasteiger partial charge in [-0.2, -0.15) is 0 Å². The molecule has 25 heavy (non-hydrogen) atoms. The molecule has 136 valence electrons. The van der Waals surface area contributed by atoms with Crippen LogP contribution in [0, 0.1) is 5.92 Å². The third-order valence-corrected chi connectivity index (χ3v) is 5.16. The van der Waals surface area contributed by atoms with Gasteiger partial charge in [0.15, 0.2) is 0 Å². The minimum atomic E-state index is -0.213. The van der Waals surface area contributed by atoms with Crippen LogP contribution in [0.5, 0.6) is 0 Å². The average molecular weight is 345 g/mol. The molecule has 2 fully saturated rings. The van der Waals surface area contributed by atoms with Crippen LogP contribution in [-0.2, 0) is 14.3 Å². The van der Waals surface area contributed by atoms with Crippen molar-refractivity contribution in [1.29, 1.82) is 0 Å². The minimum absolute atomic E-state index is 0.0187. The van der Waals surface area contributed by atoms with Gasteiger partial charge >= 0.3 is 0 Å². The summed E-state index contributed by atoms with van der Waals surface area (Å²) in [6.45, 7) is 6.08. The Morgan fingerprint density at radius 3 is 2.52 bits per heavy atom. The second-order valence-corrected chi connectivity index (χ2v) is 6.90. The van der Waals surface area contributed by atoms with Crippen molar-refractivity contribution in [1.82, 2.24) is 9.80 Å². The molecule has 1 aromatic carbocycles. The van der Waals surface area contributed by atoms with E-state index in [0.29, 0.717) is 32.7 Å². The van der Waals surface area contributed by atoms with Gasteiger partial charge in [0, 0.05) is 51.9 Å². The number of hydrogen-bond donors (Lipinski definition) is 0. The summed E-state index contributed by atoms with van der Waals surface area (Å²) in [4.78, 5) is 31.0. The molecule has 0 N–H and O–H groups in total. The predicted octanol–water partition coefficient (Wildman–Crippen LogP) is 1.22. The predicted molar refractivity (Wildman–Crippen MR) is 96.4 cm³/mol. The highest BCUT2D eigenvalue weighted by Crippen LogP contribution is 2.24. The second kappa shape index (κ2) is 7.87. The number of hydrogen-bond acceptors (Lipinski definition) is 4. The number of methoxy groups -OCH3 is 1. The zero-order valence-electron chi connectivity index (χ0n) is 15.1. The van der Waals surface area contributed by atoms with Crippen molar-refractivity contribution in [2.45, 2.75) is 19.4 Å². The topological polar surface area (TPSA) is 53.1 Å². The molecule has 0 bridgehead atoms. The first-order valence-corrected chi connectivity index (χ1v) is 8.97. The van der Waals surface area contributed by atoms with E-state index in [1.165, 1.54) is 5.69 Å². The number of nitrogens with zero attached hydrogens (tertiary/aromatic N) is 3. The van der Waals surface area contributed by atoms with E-state index >= 15 is 0 Å². The fraction of sp³-hybridized carbons (Fsp3) is 0.579. The Labute approximate surface area is 149 Å². The van der Waals surface area contributed by atoms with E-state index < -0.39 is 0 Å². The molecule has 0 spiro atoms. The van der Waals surface area contributed by atoms with Crippen LogP contribution in [0.25, 0.3) is 0 Å². The quantitative estimate of drug-likeness (QED) is 0.805. The van der Waals surface area contributed by atoms with Crippen LogP contribution in [0.4, 0.5) is 5.69 Å². The lowest BCUT2D eigenvalue weighted by Gasteiger charge is -2.37. The Morgan fingerprint density at radius 2 is 1.88 bits per heavy atom. The Bertz CT molecular complexity index is 599. The van der Waals surface area contributed by atoms with E-state index in [4.69, 9.17) is 4.74 Å². The molecule has 2 aliphatic rings. The van der Waals surface area contributed by atoms with Crippen molar-refractivity contribution in [2.24, 2.45) is 5.92 Å². The van der Waals surface area contributed by atoms with Gasteiger partial charge < -0.3 is 19.4 Å². The Balaban J connectivity index is 1.54. The zero-order valence-corrected chi connectivity index (χ0v) is 15.1. The number of para-hydroxylation sites is 1. The fourth-order valence-electron chi connectivity index (χ4n) is 3.74. The van der Waals surface area contributed by atoms with E-state index in [2.05, 4.69) is 17.0 Å². The van der Waals surface area contributed by atoms with Gasteiger partial charge in [-0.05, 0) is 19.1 Å². The van der Waals surface area contributed by atoms with Crippen LogP contribution < -0.4 is 4.90 Å². The van der Waals surface area contributed by atoms with Crippen LogP contribution >= 0.6 is 0 Å². The lowest BCUT2D eigenvalue weighted by atomic mass is 10.1. The van der Waals surface area contributed by atoms with Gasteiger partial charge in [-0.3, -0.25) is 9.59 Å². The van der Waals surface area contributed by atoms with Crippen LogP contribution in [0.15, 0.2) is 30.3 Å². The van der Waals surface area contributed by atoms with Crippen molar-refractivity contribution < 1.29 is 14.3 Å². The van der Waals surface area contributed by atoms with Gasteiger partial charge in [-0.15, -0.1) is 0 Å². The third-order valence-electron chi connectivity index (χ3n) is 5.16. The molecule has 2 aliphatic heterocycles. The van der Waals surface area contributed by atoms with Crippen LogP contribution in [0.2, 0.25) is 0 Å². The molecule has 0 unspecified atom stereocenters. The molecule has 2 amide bonds. The average Bonchev–Trinajstić information content (AvgIpc) is 3.04. The summed E-state index contributed by atoms with van der Waals surface area (Å²) in [5.41, 5.74) is 1.20. The van der Waals surface area contributed by atoms with Crippen LogP contribution in [0.1, 0.15) is 13.3 Å². The first kappa shape index (κ1) is 17.7. The summed E-state index contributed by atoms with van der Waals surface area (Å²) >= 11 is 0. The van der Waals surface area contributed by atoms with E-state index in [0.717, 1.165) is 13.1 Å². The number of benzene rings is 1. The summed E-state index contributed by atoms with van der Waals surface area (Å²) in [6, 6.07) is 10.3. The Hall–Kier alpha value is -2.08. The van der Waals surface area contributed by atoms with E-state index in [9.17, 15) is 9.59 Å². The van der Waals surface area contributed by atoms with Gasteiger partial charge in [-0.1, -0.05) is 18.2 Å². The molecule has 0 aromatic heterocycles. The Kier molecular flexibility index (Phi) is 5.58. The summed E-state index contributed by atoms with van der Waals surface area (Å²) in [5, 5.41) is 0. The standard InChI is InChI=1S/C19H27N3O3/c1-15(14-25-2)22-13-16(12-18(22)23)19(24)21-10-8-20(9-11-21)17-6-4-3-5-7-17/h3-7,15-16H,8-14H2,1-2H3/t15-,16-/m0/s1. The molecule has 6 heteroatoms. The lowest BCUT2D eigenvalue weighted by Crippen LogP contribution is -2.50. The van der Waals surface area contributed by atoms with E-state index in [1.54, 1.807) is 12.0 Å². The van der Waals surface area contributed by atoms with Gasteiger partial charge in [0.1, 0.15) is 0 Å². The highest BCUT2D eigenvalue weighted by molar-refractivity contribution is 5.89. The number of anilines is 1. The first-order valence-electron chi connectivity index (χ1n) is 8.97. The normalized spacial score (nSPS) is 22.4. The Morgan fingerprint density at radius 1 is 1.20 bits per heavy atom. The molecule has 2 atom stereocenters. The number of likely N-dealkylation sites (tertiary alicyclic amines) is 1. The van der Waals surface area contributed by atoms with Gasteiger partial charge in [0.2, 0.25) is 11.8 Å². The summed E-state index contributed by atoms with van der Waals surface area (Å²) in [5.74, 6) is -0.0333. The third kappa shape index (κ3) is 3.95. The van der Waals surface area contributed by atoms with Crippen molar-refractivity contribution in [2.75, 3.05) is 51.3 Å². The van der Waals surface area contributed by atoms with E-state index in [1.807, 2.05) is 30.0 Å². The van der Waals surface area contributed by atoms with Gasteiger partial charge in [0.25, 0.3) is 0 Å². The minimum Gasteiger partial charge on any atom is -0.383 e. The summed E-state index contributed by atoms with van der Waals surface area (Å²) in [7, 11) is 1.63. The molecule has 1 aromatic rings. The number of carbonyl (C=O) groups excluding carboxylic acids is 2. The van der Waals surface area contributed by atoms with Crippen molar-refractivity contribution in [3.8, 4) is 0 Å². The zero-order chi connectivity index (χ0) is 17.8. The summed E-state index contributed by atoms with van der Waals surface area (Å²) in [6.07, 6.45) is 0.325. The largest absolute Gasteiger partial charge is 0.383 e. The van der Waals surface area contributed by atoms with Crippen LogP contribution in [-0.4, -0.2) is 74.1 Å². The molecule has 2 saturated heterocycles.